The van der Waals surface area contributed by atoms with Crippen LogP contribution in [0.3, 0.4) is 0 Å². The first-order valence-corrected chi connectivity index (χ1v) is 11.6. The highest BCUT2D eigenvalue weighted by Crippen LogP contribution is 2.17. The van der Waals surface area contributed by atoms with E-state index in [2.05, 4.69) is 19.4 Å². The van der Waals surface area contributed by atoms with Gasteiger partial charge in [0.15, 0.2) is 0 Å². The topological polar surface area (TPSA) is 93.2 Å². The van der Waals surface area contributed by atoms with Gasteiger partial charge in [0.1, 0.15) is 17.4 Å². The van der Waals surface area contributed by atoms with Crippen molar-refractivity contribution in [2.75, 3.05) is 19.0 Å². The number of halogens is 1. The Hall–Kier alpha value is -2.56. The fraction of sp³-hybridized carbons (Fsp3) is 0.300. The molecule has 3 aromatic rings. The van der Waals surface area contributed by atoms with Crippen LogP contribution < -0.4 is 14.8 Å². The average molecular weight is 451 g/mol. The first kappa shape index (κ1) is 22.1. The summed E-state index contributed by atoms with van der Waals surface area (Å²) in [5.41, 5.74) is 0.790. The van der Waals surface area contributed by atoms with Crippen molar-refractivity contribution in [3.63, 3.8) is 0 Å². The molecule has 0 aliphatic rings. The predicted octanol–water partition coefficient (Wildman–Crippen LogP) is 3.45. The minimum Gasteiger partial charge on any atom is -0.497 e. The van der Waals surface area contributed by atoms with Crippen molar-refractivity contribution in [2.24, 2.45) is 0 Å². The van der Waals surface area contributed by atoms with E-state index in [0.29, 0.717) is 36.1 Å². The van der Waals surface area contributed by atoms with Gasteiger partial charge in [-0.3, -0.25) is 0 Å². The van der Waals surface area contributed by atoms with Crippen LogP contribution in [0.4, 0.5) is 9.52 Å². The zero-order valence-electron chi connectivity index (χ0n) is 16.6. The Labute approximate surface area is 179 Å². The van der Waals surface area contributed by atoms with Gasteiger partial charge in [-0.25, -0.2) is 22.5 Å². The number of hydrogen-bond acceptors (Lipinski definition) is 7. The summed E-state index contributed by atoms with van der Waals surface area (Å²) in [4.78, 5) is 4.57. The minimum atomic E-state index is -3.65. The van der Waals surface area contributed by atoms with Crippen LogP contribution in [0.2, 0.25) is 0 Å². The van der Waals surface area contributed by atoms with Crippen molar-refractivity contribution in [3.05, 3.63) is 65.7 Å². The normalized spacial score (nSPS) is 12.5. The lowest BCUT2D eigenvalue weighted by molar-refractivity contribution is 0.414. The van der Waals surface area contributed by atoms with Gasteiger partial charge in [0, 0.05) is 30.5 Å². The molecule has 0 saturated carbocycles. The van der Waals surface area contributed by atoms with E-state index in [4.69, 9.17) is 4.74 Å². The highest BCUT2D eigenvalue weighted by atomic mass is 32.2. The molecule has 0 aliphatic heterocycles. The van der Waals surface area contributed by atoms with Crippen molar-refractivity contribution >= 4 is 26.7 Å². The minimum absolute atomic E-state index is 0.176. The molecule has 3 rings (SSSR count). The van der Waals surface area contributed by atoms with Gasteiger partial charge in [-0.15, -0.1) is 0 Å². The number of nitrogens with zero attached hydrogens (tertiary/aromatic N) is 2. The predicted molar refractivity (Wildman–Crippen MR) is 115 cm³/mol. The molecule has 0 bridgehead atoms. The zero-order valence-corrected chi connectivity index (χ0v) is 18.3. The lowest BCUT2D eigenvalue weighted by atomic mass is 10.1. The van der Waals surface area contributed by atoms with Crippen LogP contribution in [0.1, 0.15) is 24.7 Å². The van der Waals surface area contributed by atoms with E-state index < -0.39 is 10.0 Å². The maximum Gasteiger partial charge on any atom is 0.240 e. The molecule has 0 saturated heterocycles. The molecule has 7 nitrogen and oxygen atoms in total. The van der Waals surface area contributed by atoms with Crippen LogP contribution in [0.5, 0.6) is 5.75 Å². The van der Waals surface area contributed by atoms with E-state index in [0.717, 1.165) is 5.56 Å². The Balaban J connectivity index is 1.58. The van der Waals surface area contributed by atoms with Crippen LogP contribution >= 0.6 is 11.5 Å². The average Bonchev–Trinajstić information content (AvgIpc) is 3.18. The molecular formula is C20H23FN4O3S2. The number of aromatic nitrogens is 2. The van der Waals surface area contributed by atoms with Gasteiger partial charge in [-0.05, 0) is 48.4 Å². The molecule has 160 valence electrons. The van der Waals surface area contributed by atoms with Crippen molar-refractivity contribution in [3.8, 4) is 5.75 Å². The highest BCUT2D eigenvalue weighted by Gasteiger charge is 2.19. The maximum atomic E-state index is 13.3. The third-order valence-electron chi connectivity index (χ3n) is 4.40. The van der Waals surface area contributed by atoms with Crippen LogP contribution in [0.25, 0.3) is 0 Å². The summed E-state index contributed by atoms with van der Waals surface area (Å²) in [5, 5.41) is 3.72. The second kappa shape index (κ2) is 9.96. The second-order valence-electron chi connectivity index (χ2n) is 6.61. The van der Waals surface area contributed by atoms with Gasteiger partial charge in [0.05, 0.1) is 12.0 Å². The fourth-order valence-electron chi connectivity index (χ4n) is 2.75. The van der Waals surface area contributed by atoms with Crippen LogP contribution in [0.15, 0.2) is 53.4 Å². The Morgan fingerprint density at radius 3 is 2.63 bits per heavy atom. The van der Waals surface area contributed by atoms with Crippen molar-refractivity contribution in [2.45, 2.75) is 30.7 Å². The second-order valence-corrected chi connectivity index (χ2v) is 9.07. The summed E-state index contributed by atoms with van der Waals surface area (Å²) < 4.78 is 50.6. The van der Waals surface area contributed by atoms with Crippen molar-refractivity contribution in [1.29, 1.82) is 0 Å². The van der Waals surface area contributed by atoms with Crippen LogP contribution in [-0.2, 0) is 16.4 Å². The summed E-state index contributed by atoms with van der Waals surface area (Å²) in [6.45, 7) is 2.26. The molecule has 1 heterocycles. The molecule has 1 unspecified atom stereocenters. The Bertz CT molecular complexity index is 1070. The molecule has 0 aliphatic carbocycles. The van der Waals surface area contributed by atoms with E-state index in [-0.39, 0.29) is 16.8 Å². The molecule has 2 aromatic carbocycles. The smallest absolute Gasteiger partial charge is 0.240 e. The maximum absolute atomic E-state index is 13.3. The lowest BCUT2D eigenvalue weighted by Crippen LogP contribution is -2.39. The van der Waals surface area contributed by atoms with E-state index in [1.807, 2.05) is 13.0 Å². The van der Waals surface area contributed by atoms with Gasteiger partial charge in [0.25, 0.3) is 0 Å². The molecule has 1 aromatic heterocycles. The van der Waals surface area contributed by atoms with Crippen molar-refractivity contribution < 1.29 is 17.5 Å². The molecule has 0 radical (unpaired) electrons. The molecule has 0 fully saturated rings. The highest BCUT2D eigenvalue weighted by molar-refractivity contribution is 7.89. The van der Waals surface area contributed by atoms with E-state index in [1.165, 1.54) is 42.9 Å². The summed E-state index contributed by atoms with van der Waals surface area (Å²) in [6, 6.07) is 12.2. The summed E-state index contributed by atoms with van der Waals surface area (Å²) >= 11 is 1.19. The largest absolute Gasteiger partial charge is 0.497 e. The SMILES string of the molecule is CCC(CNc1nc(Cc2cccc(F)c2)ns1)NS(=O)(=O)c1ccc(OC)cc1. The number of methoxy groups -OCH3 is 1. The van der Waals surface area contributed by atoms with Crippen LogP contribution in [0, 0.1) is 5.82 Å². The summed E-state index contributed by atoms with van der Waals surface area (Å²) in [5.74, 6) is 0.879. The Morgan fingerprint density at radius 1 is 1.20 bits per heavy atom. The number of ether oxygens (including phenoxy) is 1. The van der Waals surface area contributed by atoms with Crippen molar-refractivity contribution in [1.82, 2.24) is 14.1 Å². The molecule has 10 heteroatoms. The first-order valence-electron chi connectivity index (χ1n) is 9.37. The van der Waals surface area contributed by atoms with E-state index >= 15 is 0 Å². The molecule has 30 heavy (non-hydrogen) atoms. The van der Waals surface area contributed by atoms with Gasteiger partial charge in [-0.1, -0.05) is 19.1 Å². The third-order valence-corrected chi connectivity index (χ3v) is 6.65. The fourth-order valence-corrected chi connectivity index (χ4v) is 4.66. The Morgan fingerprint density at radius 2 is 1.97 bits per heavy atom. The molecule has 0 spiro atoms. The first-order chi connectivity index (χ1) is 14.4. The molecule has 0 amide bonds. The number of anilines is 1. The van der Waals surface area contributed by atoms with E-state index in [9.17, 15) is 12.8 Å². The summed E-state index contributed by atoms with van der Waals surface area (Å²) in [6.07, 6.45) is 1.02. The molecular weight excluding hydrogens is 427 g/mol. The van der Waals surface area contributed by atoms with Gasteiger partial charge in [-0.2, -0.15) is 4.37 Å². The number of benzene rings is 2. The van der Waals surface area contributed by atoms with Gasteiger partial charge >= 0.3 is 0 Å². The molecule has 2 N–H and O–H groups in total. The number of rotatable bonds is 10. The third kappa shape index (κ3) is 5.97. The van der Waals surface area contributed by atoms with Crippen LogP contribution in [-0.4, -0.2) is 37.5 Å². The summed E-state index contributed by atoms with van der Waals surface area (Å²) in [7, 11) is -2.13. The van der Waals surface area contributed by atoms with E-state index in [1.54, 1.807) is 18.2 Å². The molecule has 1 atom stereocenters. The lowest BCUT2D eigenvalue weighted by Gasteiger charge is -2.17. The monoisotopic (exact) mass is 450 g/mol. The Kier molecular flexibility index (Phi) is 7.35. The number of sulfonamides is 1. The number of hydrogen-bond donors (Lipinski definition) is 2. The van der Waals surface area contributed by atoms with Gasteiger partial charge in [0.2, 0.25) is 15.2 Å². The number of nitrogens with one attached hydrogen (secondary N) is 2. The zero-order chi connectivity index (χ0) is 21.6. The quantitative estimate of drug-likeness (QED) is 0.492. The standard InChI is InChI=1S/C20H23FN4O3S2/c1-3-16(25-30(26,27)18-9-7-17(28-2)8-10-18)13-22-20-23-19(24-29-20)12-14-5-4-6-15(21)11-14/h4-11,16,25H,3,12-13H2,1-2H3,(H,22,23,24). The van der Waals surface area contributed by atoms with Gasteiger partial charge < -0.3 is 10.1 Å².